The van der Waals surface area contributed by atoms with Crippen LogP contribution >= 0.6 is 12.2 Å². The highest BCUT2D eigenvalue weighted by Crippen LogP contribution is 2.40. The molecule has 3 aromatic heterocycles. The lowest BCUT2D eigenvalue weighted by atomic mass is 10.0. The van der Waals surface area contributed by atoms with Gasteiger partial charge in [0.15, 0.2) is 5.11 Å². The van der Waals surface area contributed by atoms with Gasteiger partial charge in [0.05, 0.1) is 34.9 Å². The Kier molecular flexibility index (Phi) is 5.54. The van der Waals surface area contributed by atoms with Crippen LogP contribution < -0.4 is 5.32 Å². The van der Waals surface area contributed by atoms with Crippen molar-refractivity contribution in [3.63, 3.8) is 0 Å². The van der Waals surface area contributed by atoms with Crippen molar-refractivity contribution in [2.24, 2.45) is 0 Å². The molecule has 0 aliphatic carbocycles. The van der Waals surface area contributed by atoms with Gasteiger partial charge in [-0.25, -0.2) is 0 Å². The van der Waals surface area contributed by atoms with Crippen LogP contribution in [-0.4, -0.2) is 29.5 Å². The predicted molar refractivity (Wildman–Crippen MR) is 128 cm³/mol. The van der Waals surface area contributed by atoms with Crippen molar-refractivity contribution in [1.82, 2.24) is 24.8 Å². The predicted octanol–water partition coefficient (Wildman–Crippen LogP) is 4.35. The number of benzene rings is 1. The average Bonchev–Trinajstić information content (AvgIpc) is 3.45. The smallest absolute Gasteiger partial charge is 0.269 e. The van der Waals surface area contributed by atoms with E-state index < -0.39 is 4.92 Å². The van der Waals surface area contributed by atoms with Crippen molar-refractivity contribution < 1.29 is 4.92 Å². The SMILES string of the molecule is O=[N+]([O-])c1ccc(-n2cccc2[C@@H]2[C@@H](c3ccccn3)NC(=S)N2Cc2ccccn2)cc1. The molecule has 1 aliphatic rings. The molecule has 1 aromatic carbocycles. The second kappa shape index (κ2) is 8.79. The van der Waals surface area contributed by atoms with Crippen molar-refractivity contribution in [3.8, 4) is 5.69 Å². The number of hydrogen-bond acceptors (Lipinski definition) is 5. The van der Waals surface area contributed by atoms with Gasteiger partial charge in [-0.15, -0.1) is 0 Å². The summed E-state index contributed by atoms with van der Waals surface area (Å²) in [6.45, 7) is 0.534. The van der Waals surface area contributed by atoms with Gasteiger partial charge in [-0.1, -0.05) is 12.1 Å². The van der Waals surface area contributed by atoms with Gasteiger partial charge in [0, 0.05) is 42.1 Å². The molecule has 0 unspecified atom stereocenters. The van der Waals surface area contributed by atoms with Crippen LogP contribution in [0.4, 0.5) is 5.69 Å². The zero-order chi connectivity index (χ0) is 22.8. The van der Waals surface area contributed by atoms with E-state index in [1.54, 1.807) is 24.5 Å². The number of aromatic nitrogens is 3. The average molecular weight is 457 g/mol. The van der Waals surface area contributed by atoms with E-state index in [9.17, 15) is 10.1 Å². The summed E-state index contributed by atoms with van der Waals surface area (Å²) < 4.78 is 2.03. The molecule has 0 radical (unpaired) electrons. The van der Waals surface area contributed by atoms with Gasteiger partial charge >= 0.3 is 0 Å². The van der Waals surface area contributed by atoms with Gasteiger partial charge in [-0.2, -0.15) is 0 Å². The topological polar surface area (TPSA) is 89.1 Å². The van der Waals surface area contributed by atoms with E-state index >= 15 is 0 Å². The summed E-state index contributed by atoms with van der Waals surface area (Å²) in [6.07, 6.45) is 5.49. The van der Waals surface area contributed by atoms with E-state index in [1.165, 1.54) is 12.1 Å². The lowest BCUT2D eigenvalue weighted by molar-refractivity contribution is -0.384. The Bertz CT molecular complexity index is 1280. The van der Waals surface area contributed by atoms with Crippen molar-refractivity contribution in [3.05, 3.63) is 119 Å². The van der Waals surface area contributed by atoms with Crippen molar-refractivity contribution in [1.29, 1.82) is 0 Å². The molecule has 8 nitrogen and oxygen atoms in total. The first-order chi connectivity index (χ1) is 16.1. The van der Waals surface area contributed by atoms with E-state index in [2.05, 4.69) is 20.2 Å². The van der Waals surface area contributed by atoms with Gasteiger partial charge in [0.2, 0.25) is 0 Å². The maximum atomic E-state index is 11.1. The first kappa shape index (κ1) is 20.8. The number of rotatable bonds is 6. The Morgan fingerprint density at radius 2 is 1.73 bits per heavy atom. The fraction of sp³-hybridized carbons (Fsp3) is 0.125. The molecule has 2 atom stereocenters. The van der Waals surface area contributed by atoms with Crippen molar-refractivity contribution >= 4 is 23.0 Å². The van der Waals surface area contributed by atoms with E-state index in [4.69, 9.17) is 12.2 Å². The molecule has 1 N–H and O–H groups in total. The summed E-state index contributed by atoms with van der Waals surface area (Å²) in [4.78, 5) is 21.9. The summed E-state index contributed by atoms with van der Waals surface area (Å²) in [5.41, 5.74) is 3.66. The molecule has 33 heavy (non-hydrogen) atoms. The van der Waals surface area contributed by atoms with Crippen LogP contribution in [0.2, 0.25) is 0 Å². The van der Waals surface area contributed by atoms with Gasteiger partial charge < -0.3 is 14.8 Å². The number of thiocarbonyl (C=S) groups is 1. The van der Waals surface area contributed by atoms with E-state index in [1.807, 2.05) is 59.3 Å². The van der Waals surface area contributed by atoms with Crippen molar-refractivity contribution in [2.75, 3.05) is 0 Å². The van der Waals surface area contributed by atoms with Gasteiger partial charge in [0.1, 0.15) is 0 Å². The standard InChI is InChI=1S/C24H20N6O2S/c31-30(32)19-11-9-18(10-12-19)28-15-5-8-21(28)23-22(20-7-2-4-14-26-20)27-24(33)29(23)16-17-6-1-3-13-25-17/h1-15,22-23H,16H2,(H,27,33)/t22-,23-/m1/s1. The summed E-state index contributed by atoms with van der Waals surface area (Å²) in [5, 5.41) is 15.2. The van der Waals surface area contributed by atoms with Crippen LogP contribution in [0.1, 0.15) is 29.2 Å². The largest absolute Gasteiger partial charge is 0.352 e. The third kappa shape index (κ3) is 4.06. The molecule has 4 aromatic rings. The summed E-state index contributed by atoms with van der Waals surface area (Å²) in [5.74, 6) is 0. The number of nitro benzene ring substituents is 1. The minimum absolute atomic E-state index is 0.0549. The monoisotopic (exact) mass is 456 g/mol. The molecule has 0 saturated carbocycles. The number of pyridine rings is 2. The Labute approximate surface area is 195 Å². The quantitative estimate of drug-likeness (QED) is 0.262. The molecular formula is C24H20N6O2S. The van der Waals surface area contributed by atoms with Gasteiger partial charge in [0.25, 0.3) is 5.69 Å². The number of nitrogens with one attached hydrogen (secondary N) is 1. The second-order valence-electron chi connectivity index (χ2n) is 7.65. The molecule has 1 aliphatic heterocycles. The Balaban J connectivity index is 1.58. The highest BCUT2D eigenvalue weighted by atomic mass is 32.1. The fourth-order valence-electron chi connectivity index (χ4n) is 4.17. The lowest BCUT2D eigenvalue weighted by Crippen LogP contribution is -2.30. The number of nitrogens with zero attached hydrogens (tertiary/aromatic N) is 5. The van der Waals surface area contributed by atoms with E-state index in [0.717, 1.165) is 22.8 Å². The zero-order valence-electron chi connectivity index (χ0n) is 17.5. The molecular weight excluding hydrogens is 436 g/mol. The molecule has 0 bridgehead atoms. The van der Waals surface area contributed by atoms with Gasteiger partial charge in [-0.3, -0.25) is 20.1 Å². The Morgan fingerprint density at radius 1 is 0.970 bits per heavy atom. The maximum absolute atomic E-state index is 11.1. The second-order valence-corrected chi connectivity index (χ2v) is 8.04. The molecule has 0 spiro atoms. The summed E-state index contributed by atoms with van der Waals surface area (Å²) >= 11 is 5.75. The first-order valence-electron chi connectivity index (χ1n) is 10.4. The minimum Gasteiger partial charge on any atom is -0.352 e. The molecule has 164 valence electrons. The molecule has 1 saturated heterocycles. The summed E-state index contributed by atoms with van der Waals surface area (Å²) in [6, 6.07) is 21.8. The third-order valence-electron chi connectivity index (χ3n) is 5.68. The number of nitro groups is 1. The van der Waals surface area contributed by atoms with Crippen molar-refractivity contribution in [2.45, 2.75) is 18.6 Å². The highest BCUT2D eigenvalue weighted by molar-refractivity contribution is 7.80. The molecule has 0 amide bonds. The highest BCUT2D eigenvalue weighted by Gasteiger charge is 2.41. The zero-order valence-corrected chi connectivity index (χ0v) is 18.3. The maximum Gasteiger partial charge on any atom is 0.269 e. The van der Waals surface area contributed by atoms with Crippen LogP contribution in [-0.2, 0) is 6.54 Å². The van der Waals surface area contributed by atoms with Crippen LogP contribution in [0.15, 0.2) is 91.4 Å². The number of hydrogen-bond donors (Lipinski definition) is 1. The third-order valence-corrected chi connectivity index (χ3v) is 6.03. The van der Waals surface area contributed by atoms with Crippen LogP contribution in [0.25, 0.3) is 5.69 Å². The first-order valence-corrected chi connectivity index (χ1v) is 10.8. The molecule has 1 fully saturated rings. The number of non-ortho nitro benzene ring substituents is 1. The van der Waals surface area contributed by atoms with Gasteiger partial charge in [-0.05, 0) is 60.7 Å². The Hall–Kier alpha value is -4.11. The van der Waals surface area contributed by atoms with E-state index in [0.29, 0.717) is 11.7 Å². The van der Waals surface area contributed by atoms with Crippen LogP contribution in [0.3, 0.4) is 0 Å². The molecule has 9 heteroatoms. The van der Waals surface area contributed by atoms with Crippen LogP contribution in [0, 0.1) is 10.1 Å². The minimum atomic E-state index is -0.397. The molecule has 5 rings (SSSR count). The lowest BCUT2D eigenvalue weighted by Gasteiger charge is -2.28. The molecule has 4 heterocycles. The fourth-order valence-corrected chi connectivity index (χ4v) is 4.47. The Morgan fingerprint density at radius 3 is 2.39 bits per heavy atom. The van der Waals surface area contributed by atoms with Crippen LogP contribution in [0.5, 0.6) is 0 Å². The van der Waals surface area contributed by atoms with E-state index in [-0.39, 0.29) is 17.8 Å². The normalized spacial score (nSPS) is 17.7. The summed E-state index contributed by atoms with van der Waals surface area (Å²) in [7, 11) is 0.